The van der Waals surface area contributed by atoms with Crippen molar-refractivity contribution >= 4 is 34.2 Å². The Balaban J connectivity index is 1.84. The Morgan fingerprint density at radius 1 is 1.43 bits per heavy atom. The summed E-state index contributed by atoms with van der Waals surface area (Å²) in [5, 5.41) is 13.5. The van der Waals surface area contributed by atoms with Crippen molar-refractivity contribution in [2.45, 2.75) is 31.8 Å². The number of rotatable bonds is 6. The third-order valence-corrected chi connectivity index (χ3v) is 4.39. The summed E-state index contributed by atoms with van der Waals surface area (Å²) >= 11 is 1.99. The van der Waals surface area contributed by atoms with E-state index in [4.69, 9.17) is 4.74 Å². The van der Waals surface area contributed by atoms with Crippen molar-refractivity contribution in [3.63, 3.8) is 0 Å². The summed E-state index contributed by atoms with van der Waals surface area (Å²) in [7, 11) is 0. The highest BCUT2D eigenvalue weighted by molar-refractivity contribution is 14.1. The van der Waals surface area contributed by atoms with Gasteiger partial charge in [-0.15, -0.1) is 0 Å². The van der Waals surface area contributed by atoms with E-state index in [9.17, 15) is 14.9 Å². The normalized spacial score (nSPS) is 15.1. The van der Waals surface area contributed by atoms with Crippen molar-refractivity contribution in [1.29, 1.82) is 0 Å². The van der Waals surface area contributed by atoms with Crippen molar-refractivity contribution in [2.75, 3.05) is 13.2 Å². The molecule has 1 aromatic rings. The number of halogens is 1. The molecule has 0 unspecified atom stereocenters. The number of benzene rings is 1. The molecule has 0 aromatic heterocycles. The molecule has 1 N–H and O–H groups in total. The Hall–Kier alpha value is -1.22. The first-order valence-corrected chi connectivity index (χ1v) is 7.99. The lowest BCUT2D eigenvalue weighted by Crippen LogP contribution is -2.29. The molecule has 114 valence electrons. The predicted octanol–water partition coefficient (Wildman–Crippen LogP) is 2.89. The first-order valence-electron chi connectivity index (χ1n) is 6.91. The highest BCUT2D eigenvalue weighted by Gasteiger charge is 2.17. The summed E-state index contributed by atoms with van der Waals surface area (Å²) in [6.07, 6.45) is 4.93. The van der Waals surface area contributed by atoms with Crippen LogP contribution in [-0.4, -0.2) is 30.1 Å². The van der Waals surface area contributed by atoms with Crippen molar-refractivity contribution in [3.8, 4) is 0 Å². The number of non-ortho nitro benzene ring substituents is 1. The first kappa shape index (κ1) is 16.2. The minimum Gasteiger partial charge on any atom is -0.376 e. The maximum atomic E-state index is 12.0. The van der Waals surface area contributed by atoms with Crippen LogP contribution in [-0.2, 0) is 4.74 Å². The molecule has 1 aliphatic rings. The number of hydrogen-bond donors (Lipinski definition) is 1. The monoisotopic (exact) mass is 404 g/mol. The molecule has 2 rings (SSSR count). The van der Waals surface area contributed by atoms with Gasteiger partial charge in [0.05, 0.1) is 23.2 Å². The van der Waals surface area contributed by atoms with Gasteiger partial charge in [-0.25, -0.2) is 0 Å². The Morgan fingerprint density at radius 3 is 2.81 bits per heavy atom. The fraction of sp³-hybridized carbons (Fsp3) is 0.500. The van der Waals surface area contributed by atoms with Crippen LogP contribution in [0.25, 0.3) is 0 Å². The van der Waals surface area contributed by atoms with Gasteiger partial charge in [0.25, 0.3) is 11.6 Å². The molecule has 21 heavy (non-hydrogen) atoms. The molecule has 1 aliphatic carbocycles. The van der Waals surface area contributed by atoms with Gasteiger partial charge in [-0.05, 0) is 41.5 Å². The summed E-state index contributed by atoms with van der Waals surface area (Å²) < 4.78 is 6.34. The van der Waals surface area contributed by atoms with Crippen LogP contribution < -0.4 is 5.32 Å². The standard InChI is InChI=1S/C14H17IN2O4/c15-13-6-5-10(17(19)20)9-12(13)14(18)16-7-8-21-11-3-1-2-4-11/h5-6,9,11H,1-4,7-8H2,(H,16,18). The van der Waals surface area contributed by atoms with E-state index < -0.39 is 4.92 Å². The van der Waals surface area contributed by atoms with Gasteiger partial charge < -0.3 is 10.1 Å². The lowest BCUT2D eigenvalue weighted by Gasteiger charge is -2.11. The van der Waals surface area contributed by atoms with Crippen LogP contribution in [0.2, 0.25) is 0 Å². The quantitative estimate of drug-likeness (QED) is 0.342. The number of hydrogen-bond acceptors (Lipinski definition) is 4. The maximum Gasteiger partial charge on any atom is 0.270 e. The van der Waals surface area contributed by atoms with Gasteiger partial charge >= 0.3 is 0 Å². The van der Waals surface area contributed by atoms with Crippen LogP contribution in [0.5, 0.6) is 0 Å². The Labute approximate surface area is 136 Å². The van der Waals surface area contributed by atoms with Crippen molar-refractivity contribution in [3.05, 3.63) is 37.4 Å². The fourth-order valence-electron chi connectivity index (χ4n) is 2.34. The minimum atomic E-state index is -0.504. The van der Waals surface area contributed by atoms with Crippen LogP contribution in [0.4, 0.5) is 5.69 Å². The van der Waals surface area contributed by atoms with Crippen LogP contribution in [0, 0.1) is 13.7 Å². The summed E-state index contributed by atoms with van der Waals surface area (Å²) in [5.41, 5.74) is 0.244. The first-order chi connectivity index (χ1) is 10.1. The number of ether oxygens (including phenoxy) is 1. The van der Waals surface area contributed by atoms with Gasteiger partial charge in [0.1, 0.15) is 0 Å². The van der Waals surface area contributed by atoms with E-state index >= 15 is 0 Å². The van der Waals surface area contributed by atoms with Crippen LogP contribution in [0.1, 0.15) is 36.0 Å². The second-order valence-electron chi connectivity index (χ2n) is 4.95. The van der Waals surface area contributed by atoms with Gasteiger partial charge in [0.2, 0.25) is 0 Å². The van der Waals surface area contributed by atoms with E-state index in [-0.39, 0.29) is 11.6 Å². The van der Waals surface area contributed by atoms with Gasteiger partial charge in [-0.2, -0.15) is 0 Å². The zero-order chi connectivity index (χ0) is 15.2. The van der Waals surface area contributed by atoms with Crippen molar-refractivity contribution in [2.24, 2.45) is 0 Å². The van der Waals surface area contributed by atoms with Crippen LogP contribution in [0.3, 0.4) is 0 Å². The second-order valence-corrected chi connectivity index (χ2v) is 6.12. The van der Waals surface area contributed by atoms with E-state index in [0.717, 1.165) is 12.8 Å². The molecule has 1 fully saturated rings. The van der Waals surface area contributed by atoms with Gasteiger partial charge in [-0.1, -0.05) is 12.8 Å². The topological polar surface area (TPSA) is 81.5 Å². The number of carbonyl (C=O) groups excluding carboxylic acids is 1. The van der Waals surface area contributed by atoms with E-state index in [0.29, 0.717) is 28.4 Å². The number of nitro benzene ring substituents is 1. The summed E-state index contributed by atoms with van der Waals surface area (Å²) in [5.74, 6) is -0.307. The zero-order valence-electron chi connectivity index (χ0n) is 11.5. The van der Waals surface area contributed by atoms with Crippen LogP contribution >= 0.6 is 22.6 Å². The molecule has 0 aliphatic heterocycles. The van der Waals surface area contributed by atoms with E-state index in [1.807, 2.05) is 22.6 Å². The molecule has 0 radical (unpaired) electrons. The van der Waals surface area contributed by atoms with E-state index in [2.05, 4.69) is 5.32 Å². The smallest absolute Gasteiger partial charge is 0.270 e. The molecule has 1 amide bonds. The predicted molar refractivity (Wildman–Crippen MR) is 86.4 cm³/mol. The largest absolute Gasteiger partial charge is 0.376 e. The average Bonchev–Trinajstić information content (AvgIpc) is 2.96. The molecule has 0 bridgehead atoms. The number of amides is 1. The third-order valence-electron chi connectivity index (χ3n) is 3.45. The Morgan fingerprint density at radius 2 is 2.14 bits per heavy atom. The Kier molecular flexibility index (Phi) is 5.92. The number of nitro groups is 1. The zero-order valence-corrected chi connectivity index (χ0v) is 13.7. The molecule has 0 saturated heterocycles. The van der Waals surface area contributed by atoms with Gasteiger partial charge in [0.15, 0.2) is 0 Å². The fourth-order valence-corrected chi connectivity index (χ4v) is 2.92. The number of nitrogens with one attached hydrogen (secondary N) is 1. The molecular formula is C14H17IN2O4. The highest BCUT2D eigenvalue weighted by Crippen LogP contribution is 2.21. The molecular weight excluding hydrogens is 387 g/mol. The maximum absolute atomic E-state index is 12.0. The highest BCUT2D eigenvalue weighted by atomic mass is 127. The lowest BCUT2D eigenvalue weighted by atomic mass is 10.2. The molecule has 0 atom stereocenters. The minimum absolute atomic E-state index is 0.0808. The number of nitrogens with zero attached hydrogens (tertiary/aromatic N) is 1. The third kappa shape index (κ3) is 4.63. The van der Waals surface area contributed by atoms with Crippen molar-refractivity contribution < 1.29 is 14.5 Å². The van der Waals surface area contributed by atoms with Gasteiger partial charge in [-0.3, -0.25) is 14.9 Å². The summed E-state index contributed by atoms with van der Waals surface area (Å²) in [6, 6.07) is 4.26. The molecule has 1 aromatic carbocycles. The second kappa shape index (κ2) is 7.69. The summed E-state index contributed by atoms with van der Waals surface area (Å²) in [4.78, 5) is 22.3. The molecule has 0 spiro atoms. The number of carbonyl (C=O) groups is 1. The molecule has 6 nitrogen and oxygen atoms in total. The Bertz CT molecular complexity index is 530. The molecule has 0 heterocycles. The van der Waals surface area contributed by atoms with Crippen LogP contribution in [0.15, 0.2) is 18.2 Å². The lowest BCUT2D eigenvalue weighted by molar-refractivity contribution is -0.384. The molecule has 1 saturated carbocycles. The average molecular weight is 404 g/mol. The van der Waals surface area contributed by atoms with Gasteiger partial charge in [0, 0.05) is 22.2 Å². The molecule has 7 heteroatoms. The summed E-state index contributed by atoms with van der Waals surface area (Å²) in [6.45, 7) is 0.885. The SMILES string of the molecule is O=C(NCCOC1CCCC1)c1cc([N+](=O)[O-])ccc1I. The van der Waals surface area contributed by atoms with E-state index in [1.54, 1.807) is 6.07 Å². The van der Waals surface area contributed by atoms with E-state index in [1.165, 1.54) is 25.0 Å². The van der Waals surface area contributed by atoms with Crippen molar-refractivity contribution in [1.82, 2.24) is 5.32 Å².